The van der Waals surface area contributed by atoms with Crippen LogP contribution in [0.4, 0.5) is 0 Å². The summed E-state index contributed by atoms with van der Waals surface area (Å²) in [6.45, 7) is 1.84. The van der Waals surface area contributed by atoms with E-state index < -0.39 is 9.04 Å². The van der Waals surface area contributed by atoms with Gasteiger partial charge < -0.3 is 10.2 Å². The van der Waals surface area contributed by atoms with Gasteiger partial charge >= 0.3 is 0 Å². The highest BCUT2D eigenvalue weighted by atomic mass is 28.3. The van der Waals surface area contributed by atoms with Gasteiger partial charge in [-0.2, -0.15) is 0 Å². The summed E-state index contributed by atoms with van der Waals surface area (Å²) in [6, 6.07) is 2.62. The van der Waals surface area contributed by atoms with Gasteiger partial charge in [-0.1, -0.05) is 6.42 Å². The van der Waals surface area contributed by atoms with E-state index in [-0.39, 0.29) is 0 Å². The van der Waals surface area contributed by atoms with Crippen molar-refractivity contribution in [2.45, 2.75) is 31.4 Å². The lowest BCUT2D eigenvalue weighted by molar-refractivity contribution is 0.286. The predicted molar refractivity (Wildman–Crippen MR) is 44.2 cm³/mol. The molecule has 1 heterocycles. The number of nitrogens with two attached hydrogens (primary N) is 1. The standard InChI is InChI=1S/C7H16NOSi/c8-4-3-7-10-6-2-1-5-9-10/h1-8H2. The summed E-state index contributed by atoms with van der Waals surface area (Å²) in [5.41, 5.74) is 5.41. The minimum atomic E-state index is -0.391. The molecule has 0 bridgehead atoms. The third-order valence-electron chi connectivity index (χ3n) is 1.82. The fourth-order valence-corrected chi connectivity index (χ4v) is 3.42. The Labute approximate surface area is 64.5 Å². The van der Waals surface area contributed by atoms with Crippen LogP contribution >= 0.6 is 0 Å². The van der Waals surface area contributed by atoms with E-state index in [1.54, 1.807) is 0 Å². The van der Waals surface area contributed by atoms with Crippen LogP contribution in [0, 0.1) is 0 Å². The number of hydrogen-bond acceptors (Lipinski definition) is 2. The molecule has 0 aromatic heterocycles. The molecular formula is C7H16NOSi. The SMILES string of the molecule is NCCC[Si]1CCCCO1. The average Bonchev–Trinajstić information content (AvgIpc) is 2.03. The zero-order valence-corrected chi connectivity index (χ0v) is 7.44. The van der Waals surface area contributed by atoms with Gasteiger partial charge in [0.25, 0.3) is 0 Å². The highest BCUT2D eigenvalue weighted by Gasteiger charge is 2.15. The lowest BCUT2D eigenvalue weighted by Gasteiger charge is -2.19. The molecule has 0 amide bonds. The van der Waals surface area contributed by atoms with E-state index >= 15 is 0 Å². The van der Waals surface area contributed by atoms with Gasteiger partial charge in [0.05, 0.1) is 0 Å². The first-order valence-electron chi connectivity index (χ1n) is 4.11. The fraction of sp³-hybridized carbons (Fsp3) is 1.00. The molecule has 10 heavy (non-hydrogen) atoms. The summed E-state index contributed by atoms with van der Waals surface area (Å²) in [7, 11) is -0.391. The largest absolute Gasteiger partial charge is 0.417 e. The Morgan fingerprint density at radius 1 is 1.40 bits per heavy atom. The topological polar surface area (TPSA) is 35.2 Å². The van der Waals surface area contributed by atoms with Crippen LogP contribution in [0.15, 0.2) is 0 Å². The zero-order valence-electron chi connectivity index (χ0n) is 6.44. The summed E-state index contributed by atoms with van der Waals surface area (Å²) in [4.78, 5) is 0. The van der Waals surface area contributed by atoms with Crippen molar-refractivity contribution in [3.63, 3.8) is 0 Å². The Kier molecular flexibility index (Phi) is 4.02. The second-order valence-electron chi connectivity index (χ2n) is 2.74. The van der Waals surface area contributed by atoms with E-state index in [4.69, 9.17) is 10.2 Å². The van der Waals surface area contributed by atoms with Crippen molar-refractivity contribution in [1.82, 2.24) is 0 Å². The van der Waals surface area contributed by atoms with Crippen LogP contribution < -0.4 is 5.73 Å². The summed E-state index contributed by atoms with van der Waals surface area (Å²) in [5.74, 6) is 0. The highest BCUT2D eigenvalue weighted by Crippen LogP contribution is 2.14. The van der Waals surface area contributed by atoms with E-state index in [2.05, 4.69) is 0 Å². The molecule has 1 saturated heterocycles. The van der Waals surface area contributed by atoms with Crippen LogP contribution in [0.3, 0.4) is 0 Å². The molecule has 1 rings (SSSR count). The maximum absolute atomic E-state index is 5.63. The third kappa shape index (κ3) is 2.81. The van der Waals surface area contributed by atoms with Gasteiger partial charge in [0.2, 0.25) is 9.04 Å². The van der Waals surface area contributed by atoms with Gasteiger partial charge in [-0.3, -0.25) is 0 Å². The number of hydrogen-bond donors (Lipinski definition) is 1. The minimum absolute atomic E-state index is 0.391. The maximum atomic E-state index is 5.63. The van der Waals surface area contributed by atoms with Gasteiger partial charge in [0.1, 0.15) is 0 Å². The lowest BCUT2D eigenvalue weighted by Crippen LogP contribution is -2.23. The highest BCUT2D eigenvalue weighted by molar-refractivity contribution is 6.51. The van der Waals surface area contributed by atoms with Crippen LogP contribution in [0.5, 0.6) is 0 Å². The van der Waals surface area contributed by atoms with Gasteiger partial charge in [-0.15, -0.1) is 0 Å². The molecule has 3 heteroatoms. The molecule has 1 aliphatic rings. The van der Waals surface area contributed by atoms with Crippen molar-refractivity contribution >= 4 is 9.04 Å². The monoisotopic (exact) mass is 158 g/mol. The molecular weight excluding hydrogens is 142 g/mol. The van der Waals surface area contributed by atoms with Crippen LogP contribution in [-0.2, 0) is 4.43 Å². The van der Waals surface area contributed by atoms with E-state index in [0.29, 0.717) is 0 Å². The number of rotatable bonds is 3. The molecule has 1 aliphatic heterocycles. The maximum Gasteiger partial charge on any atom is 0.211 e. The van der Waals surface area contributed by atoms with Crippen molar-refractivity contribution in [3.8, 4) is 0 Å². The second kappa shape index (κ2) is 4.88. The third-order valence-corrected chi connectivity index (χ3v) is 4.25. The van der Waals surface area contributed by atoms with Crippen LogP contribution in [0.1, 0.15) is 19.3 Å². The van der Waals surface area contributed by atoms with Crippen LogP contribution in [0.2, 0.25) is 12.1 Å². The molecule has 0 saturated carbocycles. The van der Waals surface area contributed by atoms with Gasteiger partial charge in [0, 0.05) is 6.61 Å². The second-order valence-corrected chi connectivity index (χ2v) is 5.10. The van der Waals surface area contributed by atoms with Gasteiger partial charge in [-0.25, -0.2) is 0 Å². The first kappa shape index (κ1) is 8.24. The summed E-state index contributed by atoms with van der Waals surface area (Å²) < 4.78 is 5.63. The molecule has 59 valence electrons. The van der Waals surface area contributed by atoms with E-state index in [0.717, 1.165) is 19.6 Å². The van der Waals surface area contributed by atoms with Crippen molar-refractivity contribution in [1.29, 1.82) is 0 Å². The van der Waals surface area contributed by atoms with E-state index in [1.165, 1.54) is 24.9 Å². The molecule has 0 atom stereocenters. The van der Waals surface area contributed by atoms with E-state index in [9.17, 15) is 0 Å². The molecule has 0 unspecified atom stereocenters. The van der Waals surface area contributed by atoms with Crippen LogP contribution in [-0.4, -0.2) is 22.2 Å². The van der Waals surface area contributed by atoms with E-state index in [1.807, 2.05) is 0 Å². The average molecular weight is 158 g/mol. The molecule has 2 nitrogen and oxygen atoms in total. The Bertz CT molecular complexity index is 83.7. The fourth-order valence-electron chi connectivity index (χ4n) is 1.21. The smallest absolute Gasteiger partial charge is 0.211 e. The molecule has 0 aromatic rings. The normalized spacial score (nSPS) is 21.3. The molecule has 1 fully saturated rings. The quantitative estimate of drug-likeness (QED) is 0.625. The first-order valence-corrected chi connectivity index (χ1v) is 5.93. The zero-order chi connectivity index (χ0) is 7.23. The Balaban J connectivity index is 2.02. The summed E-state index contributed by atoms with van der Waals surface area (Å²) in [5, 5.41) is 0. The van der Waals surface area contributed by atoms with Gasteiger partial charge in [0.15, 0.2) is 0 Å². The van der Waals surface area contributed by atoms with Crippen LogP contribution in [0.25, 0.3) is 0 Å². The lowest BCUT2D eigenvalue weighted by atomic mass is 10.4. The predicted octanol–water partition coefficient (Wildman–Crippen LogP) is 1.14. The Morgan fingerprint density at radius 2 is 2.30 bits per heavy atom. The van der Waals surface area contributed by atoms with Crippen molar-refractivity contribution in [3.05, 3.63) is 0 Å². The molecule has 1 radical (unpaired) electrons. The van der Waals surface area contributed by atoms with Crippen molar-refractivity contribution in [2.24, 2.45) is 5.73 Å². The Hall–Kier alpha value is 0.137. The molecule has 2 N–H and O–H groups in total. The van der Waals surface area contributed by atoms with Crippen molar-refractivity contribution < 1.29 is 4.43 Å². The van der Waals surface area contributed by atoms with Crippen molar-refractivity contribution in [2.75, 3.05) is 13.2 Å². The first-order chi connectivity index (χ1) is 4.93. The van der Waals surface area contributed by atoms with Gasteiger partial charge in [-0.05, 0) is 31.5 Å². The summed E-state index contributed by atoms with van der Waals surface area (Å²) in [6.07, 6.45) is 3.82. The Morgan fingerprint density at radius 3 is 2.90 bits per heavy atom. The summed E-state index contributed by atoms with van der Waals surface area (Å²) >= 11 is 0. The molecule has 0 aromatic carbocycles. The minimum Gasteiger partial charge on any atom is -0.417 e. The molecule has 0 aliphatic carbocycles. The molecule has 0 spiro atoms.